The third-order valence-corrected chi connectivity index (χ3v) is 6.49. The number of aliphatic carboxylic acids is 1. The molecule has 11 heteroatoms. The minimum Gasteiger partial charge on any atom is -0.481 e. The van der Waals surface area contributed by atoms with E-state index in [0.717, 1.165) is 35.4 Å². The van der Waals surface area contributed by atoms with Gasteiger partial charge >= 0.3 is 12.1 Å². The summed E-state index contributed by atoms with van der Waals surface area (Å²) >= 11 is 0. The van der Waals surface area contributed by atoms with Crippen LogP contribution < -0.4 is 9.64 Å². The summed E-state index contributed by atoms with van der Waals surface area (Å²) in [5, 5.41) is 7.12. The Balaban J connectivity index is 0.000000405. The standard InChI is InChI=1S/C24H24N2O4.C2HF3O2/c1-16-3-6-21(30-16)23(27)26-15-24(8-11-29-12-9-24)19-13-17(4-5-20(19)26)18-7-10-25-22(14-18)28-2;3-2(4,5)1(6)7/h3-7,10,13-14H,8-9,11-12,15H2,1-2H3;(H,6,7). The van der Waals surface area contributed by atoms with E-state index >= 15 is 0 Å². The van der Waals surface area contributed by atoms with Gasteiger partial charge in [-0.3, -0.25) is 4.79 Å². The number of hydrogen-bond donors (Lipinski definition) is 1. The molecule has 0 aliphatic carbocycles. The van der Waals surface area contributed by atoms with E-state index in [1.165, 1.54) is 5.56 Å². The van der Waals surface area contributed by atoms with E-state index < -0.39 is 12.1 Å². The van der Waals surface area contributed by atoms with Gasteiger partial charge in [0.05, 0.1) is 7.11 Å². The number of halogens is 3. The van der Waals surface area contributed by atoms with Crippen molar-refractivity contribution in [2.45, 2.75) is 31.4 Å². The summed E-state index contributed by atoms with van der Waals surface area (Å²) in [6.45, 7) is 3.90. The van der Waals surface area contributed by atoms with Crippen molar-refractivity contribution in [1.82, 2.24) is 4.98 Å². The molecule has 2 aromatic heterocycles. The summed E-state index contributed by atoms with van der Waals surface area (Å²) in [6, 6.07) is 13.8. The van der Waals surface area contributed by atoms with Crippen LogP contribution in [0.25, 0.3) is 11.1 Å². The molecule has 5 rings (SSSR count). The monoisotopic (exact) mass is 518 g/mol. The van der Waals surface area contributed by atoms with Gasteiger partial charge in [-0.05, 0) is 66.8 Å². The van der Waals surface area contributed by atoms with Crippen molar-refractivity contribution in [1.29, 1.82) is 0 Å². The Hall–Kier alpha value is -3.86. The molecule has 0 radical (unpaired) electrons. The molecule has 2 aliphatic rings. The van der Waals surface area contributed by atoms with E-state index in [4.69, 9.17) is 23.8 Å². The highest BCUT2D eigenvalue weighted by Gasteiger charge is 2.46. The second-order valence-corrected chi connectivity index (χ2v) is 8.82. The third-order valence-electron chi connectivity index (χ3n) is 6.49. The Labute approximate surface area is 210 Å². The lowest BCUT2D eigenvalue weighted by Crippen LogP contribution is -2.40. The van der Waals surface area contributed by atoms with Gasteiger partial charge in [0.1, 0.15) is 5.76 Å². The van der Waals surface area contributed by atoms with Gasteiger partial charge in [0.25, 0.3) is 5.91 Å². The number of nitrogens with zero attached hydrogens (tertiary/aromatic N) is 2. The number of pyridine rings is 1. The number of fused-ring (bicyclic) bond motifs is 2. The number of aromatic nitrogens is 1. The zero-order chi connectivity index (χ0) is 26.8. The van der Waals surface area contributed by atoms with Crippen LogP contribution in [0.1, 0.15) is 34.7 Å². The molecule has 0 atom stereocenters. The maximum Gasteiger partial charge on any atom is 0.490 e. The molecule has 4 heterocycles. The molecule has 3 aromatic rings. The lowest BCUT2D eigenvalue weighted by Gasteiger charge is -2.34. The fraction of sp³-hybridized carbons (Fsp3) is 0.346. The highest BCUT2D eigenvalue weighted by Crippen LogP contribution is 2.48. The molecule has 0 unspecified atom stereocenters. The lowest BCUT2D eigenvalue weighted by atomic mass is 9.75. The van der Waals surface area contributed by atoms with Crippen molar-refractivity contribution >= 4 is 17.6 Å². The van der Waals surface area contributed by atoms with Crippen LogP contribution in [0.5, 0.6) is 5.88 Å². The predicted molar refractivity (Wildman–Crippen MR) is 127 cm³/mol. The fourth-order valence-corrected chi connectivity index (χ4v) is 4.60. The molecule has 1 spiro atoms. The molecule has 1 N–H and O–H groups in total. The first-order chi connectivity index (χ1) is 17.5. The first kappa shape index (κ1) is 26.2. The van der Waals surface area contributed by atoms with Gasteiger partial charge in [-0.15, -0.1) is 0 Å². The number of amides is 1. The molecule has 1 saturated heterocycles. The molecular formula is C26H25F3N2O6. The Kier molecular flexibility index (Phi) is 7.26. The molecule has 0 saturated carbocycles. The van der Waals surface area contributed by atoms with Crippen molar-refractivity contribution < 1.29 is 41.8 Å². The number of hydrogen-bond acceptors (Lipinski definition) is 6. The predicted octanol–water partition coefficient (Wildman–Crippen LogP) is 5.00. The van der Waals surface area contributed by atoms with E-state index in [1.807, 2.05) is 30.0 Å². The normalized spacial score (nSPS) is 16.1. The van der Waals surface area contributed by atoms with Crippen LogP contribution in [0, 0.1) is 6.92 Å². The molecule has 8 nitrogen and oxygen atoms in total. The van der Waals surface area contributed by atoms with Crippen LogP contribution in [-0.4, -0.2) is 55.0 Å². The Morgan fingerprint density at radius 3 is 2.35 bits per heavy atom. The van der Waals surface area contributed by atoms with E-state index in [1.54, 1.807) is 19.4 Å². The number of ether oxygens (including phenoxy) is 2. The largest absolute Gasteiger partial charge is 0.490 e. The van der Waals surface area contributed by atoms with Crippen LogP contribution in [0.3, 0.4) is 0 Å². The quantitative estimate of drug-likeness (QED) is 0.521. The number of rotatable bonds is 3. The van der Waals surface area contributed by atoms with E-state index in [-0.39, 0.29) is 11.3 Å². The number of furan rings is 1. The summed E-state index contributed by atoms with van der Waals surface area (Å²) in [5.41, 5.74) is 4.19. The van der Waals surface area contributed by atoms with Crippen LogP contribution in [-0.2, 0) is 14.9 Å². The Morgan fingerprint density at radius 1 is 1.08 bits per heavy atom. The van der Waals surface area contributed by atoms with E-state index in [9.17, 15) is 18.0 Å². The van der Waals surface area contributed by atoms with Gasteiger partial charge in [0.2, 0.25) is 5.88 Å². The first-order valence-electron chi connectivity index (χ1n) is 11.5. The van der Waals surface area contributed by atoms with Crippen molar-refractivity contribution in [3.05, 3.63) is 65.7 Å². The molecule has 2 aliphatic heterocycles. The van der Waals surface area contributed by atoms with Gasteiger partial charge in [0.15, 0.2) is 5.76 Å². The zero-order valence-electron chi connectivity index (χ0n) is 20.2. The number of carboxylic acids is 1. The number of benzene rings is 1. The lowest BCUT2D eigenvalue weighted by molar-refractivity contribution is -0.192. The van der Waals surface area contributed by atoms with Crippen molar-refractivity contribution in [2.75, 3.05) is 31.8 Å². The van der Waals surface area contributed by atoms with Gasteiger partial charge in [-0.25, -0.2) is 9.78 Å². The number of carbonyl (C=O) groups is 2. The van der Waals surface area contributed by atoms with Crippen LogP contribution in [0.2, 0.25) is 0 Å². The first-order valence-corrected chi connectivity index (χ1v) is 11.5. The summed E-state index contributed by atoms with van der Waals surface area (Å²) in [6.07, 6.45) is -1.55. The summed E-state index contributed by atoms with van der Waals surface area (Å²) in [4.78, 5) is 28.2. The topological polar surface area (TPSA) is 102 Å². The van der Waals surface area contributed by atoms with Gasteiger partial charge in [0, 0.05) is 43.1 Å². The molecule has 196 valence electrons. The molecular weight excluding hydrogens is 493 g/mol. The number of methoxy groups -OCH3 is 1. The van der Waals surface area contributed by atoms with Crippen molar-refractivity contribution in [3.8, 4) is 17.0 Å². The maximum absolute atomic E-state index is 13.3. The van der Waals surface area contributed by atoms with Gasteiger partial charge in [-0.1, -0.05) is 6.07 Å². The SMILES string of the molecule is COc1cc(-c2ccc3c(c2)C2(CCOCC2)CN3C(=O)c2ccc(C)o2)ccn1.O=C(O)C(F)(F)F. The smallest absolute Gasteiger partial charge is 0.481 e. The number of carboxylic acid groups (broad SMARTS) is 1. The number of carbonyl (C=O) groups excluding carboxylic acids is 1. The Bertz CT molecular complexity index is 1300. The Morgan fingerprint density at radius 2 is 1.76 bits per heavy atom. The average molecular weight is 518 g/mol. The second-order valence-electron chi connectivity index (χ2n) is 8.82. The molecule has 37 heavy (non-hydrogen) atoms. The minimum absolute atomic E-state index is 0.0916. The highest BCUT2D eigenvalue weighted by atomic mass is 19.4. The average Bonchev–Trinajstić information content (AvgIpc) is 3.45. The zero-order valence-corrected chi connectivity index (χ0v) is 20.2. The number of anilines is 1. The summed E-state index contributed by atoms with van der Waals surface area (Å²) in [5.74, 6) is -1.15. The van der Waals surface area contributed by atoms with E-state index in [0.29, 0.717) is 31.4 Å². The number of alkyl halides is 3. The minimum atomic E-state index is -5.08. The number of aryl methyl sites for hydroxylation is 1. The van der Waals surface area contributed by atoms with Crippen LogP contribution in [0.15, 0.2) is 53.1 Å². The molecule has 1 fully saturated rings. The maximum atomic E-state index is 13.3. The van der Waals surface area contributed by atoms with Crippen LogP contribution >= 0.6 is 0 Å². The second kappa shape index (κ2) is 10.3. The van der Waals surface area contributed by atoms with Gasteiger partial charge < -0.3 is 23.9 Å². The van der Waals surface area contributed by atoms with E-state index in [2.05, 4.69) is 23.2 Å². The summed E-state index contributed by atoms with van der Waals surface area (Å²) in [7, 11) is 1.62. The molecule has 1 aromatic carbocycles. The highest BCUT2D eigenvalue weighted by molar-refractivity contribution is 6.06. The summed E-state index contributed by atoms with van der Waals surface area (Å²) < 4.78 is 48.3. The third kappa shape index (κ3) is 5.46. The van der Waals surface area contributed by atoms with Crippen molar-refractivity contribution in [2.24, 2.45) is 0 Å². The van der Waals surface area contributed by atoms with Gasteiger partial charge in [-0.2, -0.15) is 13.2 Å². The van der Waals surface area contributed by atoms with Crippen molar-refractivity contribution in [3.63, 3.8) is 0 Å². The molecule has 0 bridgehead atoms. The molecule has 1 amide bonds. The fourth-order valence-electron chi connectivity index (χ4n) is 4.60. The van der Waals surface area contributed by atoms with Crippen LogP contribution in [0.4, 0.5) is 18.9 Å².